The Morgan fingerprint density at radius 3 is 3.20 bits per heavy atom. The van der Waals surface area contributed by atoms with Crippen molar-refractivity contribution < 1.29 is 4.79 Å². The van der Waals surface area contributed by atoms with Crippen molar-refractivity contribution in [2.75, 3.05) is 0 Å². The molecule has 1 heterocycles. The molecule has 1 aromatic heterocycles. The van der Waals surface area contributed by atoms with E-state index in [1.807, 2.05) is 17.5 Å². The van der Waals surface area contributed by atoms with Crippen molar-refractivity contribution in [2.24, 2.45) is 5.92 Å². The lowest BCUT2D eigenvalue weighted by molar-refractivity contribution is -0.121. The van der Waals surface area contributed by atoms with Crippen molar-refractivity contribution in [1.29, 1.82) is 0 Å². The summed E-state index contributed by atoms with van der Waals surface area (Å²) in [6.07, 6.45) is 7.22. The molecule has 1 aromatic rings. The second-order valence-electron chi connectivity index (χ2n) is 3.83. The van der Waals surface area contributed by atoms with Crippen LogP contribution in [-0.4, -0.2) is 5.91 Å². The molecule has 0 radical (unpaired) electrons. The van der Waals surface area contributed by atoms with Gasteiger partial charge in [0, 0.05) is 11.3 Å². The summed E-state index contributed by atoms with van der Waals surface area (Å²) in [5, 5.41) is 4.98. The van der Waals surface area contributed by atoms with Crippen LogP contribution in [0.15, 0.2) is 29.7 Å². The Hall–Kier alpha value is -1.09. The van der Waals surface area contributed by atoms with Crippen LogP contribution in [0.5, 0.6) is 0 Å². The number of carbonyl (C=O) groups excluding carboxylic acids is 1. The van der Waals surface area contributed by atoms with Crippen LogP contribution in [-0.2, 0) is 11.3 Å². The largest absolute Gasteiger partial charge is 0.351 e. The molecular weight excluding hydrogens is 206 g/mol. The van der Waals surface area contributed by atoms with Crippen LogP contribution in [0.4, 0.5) is 0 Å². The van der Waals surface area contributed by atoms with Crippen LogP contribution in [0, 0.1) is 5.92 Å². The average molecular weight is 221 g/mol. The Morgan fingerprint density at radius 1 is 1.60 bits per heavy atom. The molecule has 0 unspecified atom stereocenters. The van der Waals surface area contributed by atoms with Gasteiger partial charge in [0.05, 0.1) is 6.54 Å². The van der Waals surface area contributed by atoms with E-state index in [9.17, 15) is 4.79 Å². The van der Waals surface area contributed by atoms with E-state index in [1.54, 1.807) is 11.3 Å². The highest BCUT2D eigenvalue weighted by Gasteiger charge is 2.13. The fraction of sp³-hybridized carbons (Fsp3) is 0.417. The van der Waals surface area contributed by atoms with E-state index in [1.165, 1.54) is 4.88 Å². The lowest BCUT2D eigenvalue weighted by atomic mass is 10.1. The molecule has 0 aliphatic heterocycles. The van der Waals surface area contributed by atoms with E-state index >= 15 is 0 Å². The second-order valence-corrected chi connectivity index (χ2v) is 4.86. The van der Waals surface area contributed by atoms with Crippen molar-refractivity contribution in [3.63, 3.8) is 0 Å². The molecule has 1 aliphatic rings. The van der Waals surface area contributed by atoms with Crippen molar-refractivity contribution in [1.82, 2.24) is 5.32 Å². The molecule has 1 amide bonds. The topological polar surface area (TPSA) is 29.1 Å². The number of thiophene rings is 1. The van der Waals surface area contributed by atoms with Gasteiger partial charge >= 0.3 is 0 Å². The zero-order chi connectivity index (χ0) is 10.5. The minimum Gasteiger partial charge on any atom is -0.351 e. The van der Waals surface area contributed by atoms with Crippen molar-refractivity contribution in [3.8, 4) is 0 Å². The van der Waals surface area contributed by atoms with Gasteiger partial charge in [-0.15, -0.1) is 11.3 Å². The fourth-order valence-electron chi connectivity index (χ4n) is 1.77. The van der Waals surface area contributed by atoms with Gasteiger partial charge in [-0.2, -0.15) is 0 Å². The van der Waals surface area contributed by atoms with Gasteiger partial charge in [0.1, 0.15) is 0 Å². The van der Waals surface area contributed by atoms with Crippen LogP contribution in [0.3, 0.4) is 0 Å². The first-order valence-electron chi connectivity index (χ1n) is 5.30. The predicted molar refractivity (Wildman–Crippen MR) is 62.6 cm³/mol. The van der Waals surface area contributed by atoms with Gasteiger partial charge in [-0.1, -0.05) is 18.2 Å². The molecule has 1 atom stereocenters. The standard InChI is InChI=1S/C12H15NOS/c14-12(8-10-4-1-2-5-10)13-9-11-6-3-7-15-11/h1,3-4,6-7,10H,2,5,8-9H2,(H,13,14)/t10-/m0/s1. The van der Waals surface area contributed by atoms with E-state index in [-0.39, 0.29) is 5.91 Å². The highest BCUT2D eigenvalue weighted by atomic mass is 32.1. The maximum Gasteiger partial charge on any atom is 0.220 e. The number of nitrogens with one attached hydrogen (secondary N) is 1. The Bertz CT molecular complexity index is 343. The number of amides is 1. The maximum absolute atomic E-state index is 11.6. The van der Waals surface area contributed by atoms with Gasteiger partial charge in [-0.3, -0.25) is 4.79 Å². The molecule has 0 bridgehead atoms. The number of hydrogen-bond acceptors (Lipinski definition) is 2. The SMILES string of the molecule is O=C(C[C@H]1C=CCC1)NCc1cccs1. The molecular formula is C12H15NOS. The van der Waals surface area contributed by atoms with Crippen molar-refractivity contribution >= 4 is 17.2 Å². The summed E-state index contributed by atoms with van der Waals surface area (Å²) in [5.41, 5.74) is 0. The van der Waals surface area contributed by atoms with E-state index in [4.69, 9.17) is 0 Å². The lowest BCUT2D eigenvalue weighted by Crippen LogP contribution is -2.23. The Balaban J connectivity index is 1.70. The van der Waals surface area contributed by atoms with Crippen LogP contribution < -0.4 is 5.32 Å². The van der Waals surface area contributed by atoms with Crippen molar-refractivity contribution in [3.05, 3.63) is 34.5 Å². The molecule has 2 nitrogen and oxygen atoms in total. The predicted octanol–water partition coefficient (Wildman–Crippen LogP) is 2.72. The summed E-state index contributed by atoms with van der Waals surface area (Å²) in [5.74, 6) is 0.633. The first-order valence-corrected chi connectivity index (χ1v) is 6.18. The van der Waals surface area contributed by atoms with Gasteiger partial charge in [-0.25, -0.2) is 0 Å². The molecule has 0 fully saturated rings. The molecule has 0 spiro atoms. The summed E-state index contributed by atoms with van der Waals surface area (Å²) in [6.45, 7) is 0.674. The molecule has 0 aromatic carbocycles. The molecule has 1 N–H and O–H groups in total. The highest BCUT2D eigenvalue weighted by molar-refractivity contribution is 7.09. The summed E-state index contributed by atoms with van der Waals surface area (Å²) in [7, 11) is 0. The lowest BCUT2D eigenvalue weighted by Gasteiger charge is -2.07. The number of hydrogen-bond donors (Lipinski definition) is 1. The monoisotopic (exact) mass is 221 g/mol. The average Bonchev–Trinajstić information content (AvgIpc) is 2.86. The summed E-state index contributed by atoms with van der Waals surface area (Å²) >= 11 is 1.68. The van der Waals surface area contributed by atoms with Gasteiger partial charge < -0.3 is 5.32 Å². The molecule has 80 valence electrons. The summed E-state index contributed by atoms with van der Waals surface area (Å²) < 4.78 is 0. The number of carbonyl (C=O) groups is 1. The van der Waals surface area contributed by atoms with E-state index < -0.39 is 0 Å². The number of allylic oxidation sites excluding steroid dienone is 2. The normalized spacial score (nSPS) is 19.3. The summed E-state index contributed by atoms with van der Waals surface area (Å²) in [4.78, 5) is 12.8. The van der Waals surface area contributed by atoms with Crippen LogP contribution in [0.25, 0.3) is 0 Å². The molecule has 3 heteroatoms. The molecule has 0 saturated carbocycles. The smallest absolute Gasteiger partial charge is 0.220 e. The zero-order valence-electron chi connectivity index (χ0n) is 8.61. The fourth-order valence-corrected chi connectivity index (χ4v) is 2.42. The Morgan fingerprint density at radius 2 is 2.53 bits per heavy atom. The molecule has 0 saturated heterocycles. The highest BCUT2D eigenvalue weighted by Crippen LogP contribution is 2.20. The van der Waals surface area contributed by atoms with Gasteiger partial charge in [-0.05, 0) is 30.2 Å². The zero-order valence-corrected chi connectivity index (χ0v) is 9.43. The molecule has 1 aliphatic carbocycles. The van der Waals surface area contributed by atoms with Crippen LogP contribution in [0.1, 0.15) is 24.1 Å². The maximum atomic E-state index is 11.6. The molecule has 2 rings (SSSR count). The molecule has 15 heavy (non-hydrogen) atoms. The second kappa shape index (κ2) is 5.12. The minimum absolute atomic E-state index is 0.167. The third kappa shape index (κ3) is 3.20. The third-order valence-electron chi connectivity index (χ3n) is 2.60. The quantitative estimate of drug-likeness (QED) is 0.778. The van der Waals surface area contributed by atoms with Crippen LogP contribution >= 0.6 is 11.3 Å². The Labute approximate surface area is 94.0 Å². The van der Waals surface area contributed by atoms with Gasteiger partial charge in [0.25, 0.3) is 0 Å². The van der Waals surface area contributed by atoms with Crippen LogP contribution in [0.2, 0.25) is 0 Å². The van der Waals surface area contributed by atoms with Gasteiger partial charge in [0.2, 0.25) is 5.91 Å². The minimum atomic E-state index is 0.167. The number of rotatable bonds is 4. The third-order valence-corrected chi connectivity index (χ3v) is 3.48. The first-order chi connectivity index (χ1) is 7.34. The van der Waals surface area contributed by atoms with Crippen molar-refractivity contribution in [2.45, 2.75) is 25.8 Å². The Kier molecular flexibility index (Phi) is 3.56. The first kappa shape index (κ1) is 10.4. The van der Waals surface area contributed by atoms with Gasteiger partial charge in [0.15, 0.2) is 0 Å². The summed E-state index contributed by atoms with van der Waals surface area (Å²) in [6, 6.07) is 4.05. The van der Waals surface area contributed by atoms with E-state index in [0.717, 1.165) is 12.8 Å². The van der Waals surface area contributed by atoms with E-state index in [0.29, 0.717) is 18.9 Å². The van der Waals surface area contributed by atoms with E-state index in [2.05, 4.69) is 17.5 Å².